The maximum Gasteiger partial charge on any atom is 0.262 e. The number of hydrogen-bond acceptors (Lipinski definition) is 6. The number of rotatable bonds is 5. The number of aromatic nitrogens is 2. The van der Waals surface area contributed by atoms with Crippen molar-refractivity contribution in [3.63, 3.8) is 0 Å². The van der Waals surface area contributed by atoms with Crippen molar-refractivity contribution < 1.29 is 13.2 Å². The van der Waals surface area contributed by atoms with Gasteiger partial charge in [0.1, 0.15) is 0 Å². The van der Waals surface area contributed by atoms with Crippen LogP contribution < -0.4 is 10.9 Å². The molecule has 0 unspecified atom stereocenters. The lowest BCUT2D eigenvalue weighted by molar-refractivity contribution is -0.120. The molecule has 1 atom stereocenters. The van der Waals surface area contributed by atoms with E-state index in [1.54, 1.807) is 29.7 Å². The molecule has 1 N–H and O–H groups in total. The van der Waals surface area contributed by atoms with E-state index in [0.29, 0.717) is 29.0 Å². The van der Waals surface area contributed by atoms with Gasteiger partial charge in [-0.3, -0.25) is 14.2 Å². The van der Waals surface area contributed by atoms with E-state index in [0.717, 1.165) is 0 Å². The molecule has 2 aromatic rings. The first kappa shape index (κ1) is 18.9. The maximum atomic E-state index is 12.6. The molecule has 9 heteroatoms. The normalized spacial score (nSPS) is 21.8. The van der Waals surface area contributed by atoms with Crippen LogP contribution in [0.3, 0.4) is 0 Å². The summed E-state index contributed by atoms with van der Waals surface area (Å²) < 4.78 is 24.8. The number of para-hydroxylation sites is 1. The third kappa shape index (κ3) is 3.93. The molecule has 0 aliphatic carbocycles. The van der Waals surface area contributed by atoms with Gasteiger partial charge in [0, 0.05) is 6.54 Å². The van der Waals surface area contributed by atoms with Crippen molar-refractivity contribution in [2.45, 2.75) is 37.5 Å². The van der Waals surface area contributed by atoms with Crippen molar-refractivity contribution in [1.29, 1.82) is 0 Å². The van der Waals surface area contributed by atoms with Gasteiger partial charge in [0.25, 0.3) is 5.56 Å². The Morgan fingerprint density at radius 3 is 2.77 bits per heavy atom. The molecule has 1 aliphatic rings. The summed E-state index contributed by atoms with van der Waals surface area (Å²) in [6.07, 6.45) is 0.416. The predicted octanol–water partition coefficient (Wildman–Crippen LogP) is 1.20. The summed E-state index contributed by atoms with van der Waals surface area (Å²) in [7, 11) is -3.09. The van der Waals surface area contributed by atoms with Crippen molar-refractivity contribution in [2.24, 2.45) is 0 Å². The number of fused-ring (bicyclic) bond motifs is 1. The molecule has 2 heterocycles. The third-order valence-electron chi connectivity index (χ3n) is 4.42. The van der Waals surface area contributed by atoms with Crippen LogP contribution in [0, 0.1) is 0 Å². The molecule has 1 fully saturated rings. The van der Waals surface area contributed by atoms with Gasteiger partial charge in [-0.25, -0.2) is 13.4 Å². The molecular formula is C17H21N3O4S2. The molecule has 3 rings (SSSR count). The number of nitrogens with one attached hydrogen (secondary N) is 1. The second-order valence-electron chi connectivity index (χ2n) is 6.70. The van der Waals surface area contributed by atoms with Crippen LogP contribution in [0.4, 0.5) is 0 Å². The molecule has 0 bridgehead atoms. The average Bonchev–Trinajstić information content (AvgIpc) is 2.86. The molecule has 1 aliphatic heterocycles. The molecular weight excluding hydrogens is 374 g/mol. The van der Waals surface area contributed by atoms with E-state index >= 15 is 0 Å². The first-order chi connectivity index (χ1) is 12.2. The number of benzene rings is 1. The first-order valence-corrected chi connectivity index (χ1v) is 11.2. The average molecular weight is 396 g/mol. The molecule has 1 aromatic carbocycles. The van der Waals surface area contributed by atoms with Gasteiger partial charge in [0.15, 0.2) is 15.0 Å². The van der Waals surface area contributed by atoms with E-state index in [-0.39, 0.29) is 28.7 Å². The molecule has 0 saturated carbocycles. The van der Waals surface area contributed by atoms with Gasteiger partial charge >= 0.3 is 0 Å². The largest absolute Gasteiger partial charge is 0.349 e. The van der Waals surface area contributed by atoms with Crippen molar-refractivity contribution in [3.8, 4) is 0 Å². The third-order valence-corrected chi connectivity index (χ3v) is 7.30. The number of amides is 1. The Bertz CT molecular complexity index is 1020. The summed E-state index contributed by atoms with van der Waals surface area (Å²) in [5.74, 6) is -0.136. The van der Waals surface area contributed by atoms with Crippen LogP contribution >= 0.6 is 11.8 Å². The highest BCUT2D eigenvalue weighted by Crippen LogP contribution is 2.23. The van der Waals surface area contributed by atoms with Crippen LogP contribution in [-0.2, 0) is 21.2 Å². The molecule has 26 heavy (non-hydrogen) atoms. The summed E-state index contributed by atoms with van der Waals surface area (Å²) in [5.41, 5.74) is -0.258. The molecule has 7 nitrogen and oxygen atoms in total. The highest BCUT2D eigenvalue weighted by atomic mass is 32.2. The van der Waals surface area contributed by atoms with E-state index in [9.17, 15) is 18.0 Å². The molecule has 0 spiro atoms. The first-order valence-electron chi connectivity index (χ1n) is 8.37. The number of hydrogen-bond donors (Lipinski definition) is 1. The molecule has 140 valence electrons. The summed E-state index contributed by atoms with van der Waals surface area (Å²) in [6.45, 7) is 4.05. The van der Waals surface area contributed by atoms with Gasteiger partial charge in [-0.1, -0.05) is 23.9 Å². The van der Waals surface area contributed by atoms with Crippen molar-refractivity contribution >= 4 is 38.4 Å². The zero-order valence-corrected chi connectivity index (χ0v) is 16.3. The number of carbonyl (C=O) groups is 1. The fourth-order valence-electron chi connectivity index (χ4n) is 3.15. The quantitative estimate of drug-likeness (QED) is 0.603. The minimum Gasteiger partial charge on any atom is -0.349 e. The van der Waals surface area contributed by atoms with E-state index in [1.807, 2.05) is 13.0 Å². The Balaban J connectivity index is 1.75. The summed E-state index contributed by atoms with van der Waals surface area (Å²) in [5, 5.41) is 3.85. The Morgan fingerprint density at radius 2 is 2.12 bits per heavy atom. The standard InChI is InChI=1S/C17H21N3O4S2/c1-3-20-15(22)12-6-4-5-7-13(12)18-16(20)25-10-14(21)19-17(2)8-9-26(23,24)11-17/h4-7H,3,8-11H2,1-2H3,(H,19,21)/t17-/m1/s1. The zero-order chi connectivity index (χ0) is 18.9. The second-order valence-corrected chi connectivity index (χ2v) is 9.83. The SMILES string of the molecule is CCn1c(SCC(=O)N[C@]2(C)CCS(=O)(=O)C2)nc2ccccc2c1=O. The minimum atomic E-state index is -3.09. The summed E-state index contributed by atoms with van der Waals surface area (Å²) >= 11 is 1.18. The van der Waals surface area contributed by atoms with E-state index in [1.165, 1.54) is 11.8 Å². The van der Waals surface area contributed by atoms with Gasteiger partial charge in [-0.2, -0.15) is 0 Å². The zero-order valence-electron chi connectivity index (χ0n) is 14.7. The fraction of sp³-hybridized carbons (Fsp3) is 0.471. The Morgan fingerprint density at radius 1 is 1.38 bits per heavy atom. The molecule has 1 saturated heterocycles. The van der Waals surface area contributed by atoms with Crippen LogP contribution in [-0.4, -0.2) is 46.7 Å². The van der Waals surface area contributed by atoms with Gasteiger partial charge in [-0.15, -0.1) is 0 Å². The Labute approximate surface area is 156 Å². The molecule has 1 aromatic heterocycles. The van der Waals surface area contributed by atoms with Crippen LogP contribution in [0.2, 0.25) is 0 Å². The highest BCUT2D eigenvalue weighted by molar-refractivity contribution is 7.99. The lowest BCUT2D eigenvalue weighted by Crippen LogP contribution is -2.47. The van der Waals surface area contributed by atoms with Crippen LogP contribution in [0.15, 0.2) is 34.2 Å². The van der Waals surface area contributed by atoms with Gasteiger partial charge in [0.05, 0.1) is 33.7 Å². The predicted molar refractivity (Wildman–Crippen MR) is 102 cm³/mol. The smallest absolute Gasteiger partial charge is 0.262 e. The van der Waals surface area contributed by atoms with Crippen molar-refractivity contribution in [1.82, 2.24) is 14.9 Å². The molecule has 0 radical (unpaired) electrons. The number of thioether (sulfide) groups is 1. The van der Waals surface area contributed by atoms with E-state index in [2.05, 4.69) is 10.3 Å². The van der Waals surface area contributed by atoms with Crippen molar-refractivity contribution in [2.75, 3.05) is 17.3 Å². The lowest BCUT2D eigenvalue weighted by atomic mass is 10.0. The van der Waals surface area contributed by atoms with Crippen LogP contribution in [0.5, 0.6) is 0 Å². The maximum absolute atomic E-state index is 12.6. The highest BCUT2D eigenvalue weighted by Gasteiger charge is 2.39. The minimum absolute atomic E-state index is 0.0374. The van der Waals surface area contributed by atoms with Crippen LogP contribution in [0.25, 0.3) is 10.9 Å². The summed E-state index contributed by atoms with van der Waals surface area (Å²) in [4.78, 5) is 29.4. The van der Waals surface area contributed by atoms with Gasteiger partial charge in [-0.05, 0) is 32.4 Å². The Hall–Kier alpha value is -1.87. The van der Waals surface area contributed by atoms with Gasteiger partial charge < -0.3 is 5.32 Å². The summed E-state index contributed by atoms with van der Waals surface area (Å²) in [6, 6.07) is 7.11. The molecule has 1 amide bonds. The lowest BCUT2D eigenvalue weighted by Gasteiger charge is -2.23. The fourth-order valence-corrected chi connectivity index (χ4v) is 6.10. The topological polar surface area (TPSA) is 98.1 Å². The number of carbonyl (C=O) groups excluding carboxylic acids is 1. The van der Waals surface area contributed by atoms with Gasteiger partial charge in [0.2, 0.25) is 5.91 Å². The van der Waals surface area contributed by atoms with E-state index in [4.69, 9.17) is 0 Å². The van der Waals surface area contributed by atoms with Crippen molar-refractivity contribution in [3.05, 3.63) is 34.6 Å². The van der Waals surface area contributed by atoms with Crippen LogP contribution in [0.1, 0.15) is 20.3 Å². The Kier molecular flexibility index (Phi) is 5.12. The number of nitrogens with zero attached hydrogens (tertiary/aromatic N) is 2. The second kappa shape index (κ2) is 7.03. The number of sulfone groups is 1. The monoisotopic (exact) mass is 395 g/mol. The van der Waals surface area contributed by atoms with E-state index < -0.39 is 15.4 Å².